The van der Waals surface area contributed by atoms with Crippen LogP contribution in [0.25, 0.3) is 0 Å². The van der Waals surface area contributed by atoms with E-state index < -0.39 is 41.1 Å². The van der Waals surface area contributed by atoms with Crippen LogP contribution in [0.4, 0.5) is 40.8 Å². The molecule has 0 saturated carbocycles. The second-order valence-electron chi connectivity index (χ2n) is 11.6. The Morgan fingerprint density at radius 2 is 0.950 bits per heavy atom. The number of carboxylic acid groups (broad SMARTS) is 1. The fourth-order valence-electron chi connectivity index (χ4n) is 3.99. The van der Waals surface area contributed by atoms with Crippen molar-refractivity contribution in [1.82, 2.24) is 19.9 Å². The molecule has 0 unspecified atom stereocenters. The molecule has 326 valence electrons. The third kappa shape index (κ3) is 17.0. The summed E-state index contributed by atoms with van der Waals surface area (Å²) in [5, 5.41) is 27.8. The minimum absolute atomic E-state index is 0.0208. The number of carbonyl (C=O) groups is 3. The highest BCUT2D eigenvalue weighted by atomic mass is 35.5. The van der Waals surface area contributed by atoms with Crippen LogP contribution >= 0.6 is 46.4 Å². The molecule has 15 nitrogen and oxygen atoms in total. The zero-order valence-corrected chi connectivity index (χ0v) is 35.9. The van der Waals surface area contributed by atoms with Crippen molar-refractivity contribution in [3.05, 3.63) is 90.4 Å². The second-order valence-corrected chi connectivity index (χ2v) is 13.0. The van der Waals surface area contributed by atoms with Crippen LogP contribution in [0.2, 0.25) is 20.6 Å². The van der Waals surface area contributed by atoms with E-state index >= 15 is 0 Å². The second kappa shape index (κ2) is 27.4. The number of nitrogens with one attached hydrogen (secondary N) is 4. The van der Waals surface area contributed by atoms with Gasteiger partial charge < -0.3 is 36.8 Å². The quantitative estimate of drug-likeness (QED) is 0.0371. The van der Waals surface area contributed by atoms with E-state index in [2.05, 4.69) is 45.9 Å². The number of hydrogen-bond donors (Lipinski definition) is 6. The van der Waals surface area contributed by atoms with E-state index in [1.54, 1.807) is 6.07 Å². The van der Waals surface area contributed by atoms with Gasteiger partial charge in [0, 0.05) is 26.2 Å². The van der Waals surface area contributed by atoms with Crippen molar-refractivity contribution in [2.45, 2.75) is 53.4 Å². The SMILES string of the molecule is CCCNc1nc(Cl)c(C#N)cc1F.CCCNc1nc(Cl)c(C(=O)O)cc1F.CCCNc1nc(Cl)c(C(=O)OC)cc1F.CCCNc1nc(Cl)c(C(N)=O)cc1F. The molecular weight excluding hydrogens is 882 g/mol. The van der Waals surface area contributed by atoms with Gasteiger partial charge in [0.05, 0.1) is 23.8 Å². The number of rotatable bonds is 15. The molecule has 0 aromatic carbocycles. The lowest BCUT2D eigenvalue weighted by Gasteiger charge is -2.07. The summed E-state index contributed by atoms with van der Waals surface area (Å²) in [5.41, 5.74) is 4.50. The van der Waals surface area contributed by atoms with E-state index in [1.807, 2.05) is 27.7 Å². The molecular formula is C37H42Cl4F4N10O5. The molecule has 0 aliphatic rings. The molecule has 0 saturated heterocycles. The van der Waals surface area contributed by atoms with Gasteiger partial charge in [0.1, 0.15) is 32.2 Å². The van der Waals surface area contributed by atoms with Gasteiger partial charge in [0.2, 0.25) is 0 Å². The lowest BCUT2D eigenvalue weighted by molar-refractivity contribution is 0.0598. The van der Waals surface area contributed by atoms with Gasteiger partial charge >= 0.3 is 11.9 Å². The molecule has 0 aliphatic heterocycles. The fraction of sp³-hybridized carbons (Fsp3) is 0.351. The van der Waals surface area contributed by atoms with Crippen molar-refractivity contribution < 1.29 is 41.8 Å². The standard InChI is InChI=1S/C10H12ClFN2O2.C9H11ClFN3O.C9H9ClFN3.C9H10ClFN2O2/c1-3-4-13-9-7(12)5-6(8(11)14-9)10(15)16-2;1-2-3-13-9-6(11)4-5(8(12)15)7(10)14-9;1-2-3-13-9-7(11)4-6(5-12)8(10)14-9;1-2-3-12-8-6(11)4-5(9(14)15)7(10)13-8/h5H,3-4H2,1-2H3,(H,13,14);4H,2-3H2,1H3,(H2,12,15)(H,13,14);4H,2-3H2,1H3,(H,13,14);4H,2-3H2,1H3,(H,12,13)(H,14,15). The number of nitrogens with zero attached hydrogens (tertiary/aromatic N) is 5. The number of carboxylic acids is 1. The molecule has 60 heavy (non-hydrogen) atoms. The van der Waals surface area contributed by atoms with Crippen LogP contribution in [-0.4, -0.2) is 76.2 Å². The van der Waals surface area contributed by atoms with E-state index in [0.29, 0.717) is 26.2 Å². The third-order valence-electron chi connectivity index (χ3n) is 6.91. The van der Waals surface area contributed by atoms with E-state index in [0.717, 1.165) is 49.9 Å². The van der Waals surface area contributed by atoms with Crippen molar-refractivity contribution in [3.8, 4) is 6.07 Å². The summed E-state index contributed by atoms with van der Waals surface area (Å²) in [7, 11) is 1.19. The molecule has 7 N–H and O–H groups in total. The number of nitrogens with two attached hydrogens (primary N) is 1. The summed E-state index contributed by atoms with van der Waals surface area (Å²) in [5.74, 6) is -5.20. The van der Waals surface area contributed by atoms with Crippen LogP contribution in [0, 0.1) is 34.6 Å². The molecule has 0 bridgehead atoms. The largest absolute Gasteiger partial charge is 0.478 e. The lowest BCUT2D eigenvalue weighted by Crippen LogP contribution is -2.14. The highest BCUT2D eigenvalue weighted by Gasteiger charge is 2.18. The molecule has 4 heterocycles. The number of hydrogen-bond acceptors (Lipinski definition) is 13. The van der Waals surface area contributed by atoms with Crippen LogP contribution < -0.4 is 27.0 Å². The van der Waals surface area contributed by atoms with E-state index in [4.69, 9.17) is 62.5 Å². The predicted octanol–water partition coefficient (Wildman–Crippen LogP) is 9.24. The molecule has 1 amide bonds. The first-order valence-corrected chi connectivity index (χ1v) is 19.3. The first-order valence-electron chi connectivity index (χ1n) is 17.8. The average Bonchev–Trinajstić information content (AvgIpc) is 3.21. The van der Waals surface area contributed by atoms with Crippen molar-refractivity contribution in [1.29, 1.82) is 5.26 Å². The van der Waals surface area contributed by atoms with Gasteiger partial charge in [-0.2, -0.15) is 5.26 Å². The molecule has 0 fully saturated rings. The number of halogens is 8. The third-order valence-corrected chi connectivity index (χ3v) is 8.06. The van der Waals surface area contributed by atoms with E-state index in [-0.39, 0.29) is 66.1 Å². The maximum absolute atomic E-state index is 13.5. The molecule has 0 radical (unpaired) electrons. The van der Waals surface area contributed by atoms with Crippen molar-refractivity contribution in [2.24, 2.45) is 5.73 Å². The molecule has 23 heteroatoms. The Kier molecular flexibility index (Phi) is 24.0. The smallest absolute Gasteiger partial charge is 0.341 e. The zero-order valence-electron chi connectivity index (χ0n) is 32.9. The van der Waals surface area contributed by atoms with Gasteiger partial charge in [0.25, 0.3) is 5.91 Å². The van der Waals surface area contributed by atoms with Gasteiger partial charge in [-0.15, -0.1) is 0 Å². The van der Waals surface area contributed by atoms with Gasteiger partial charge in [-0.25, -0.2) is 47.1 Å². The summed E-state index contributed by atoms with van der Waals surface area (Å²) in [6, 6.07) is 5.69. The summed E-state index contributed by atoms with van der Waals surface area (Å²) in [6.07, 6.45) is 3.33. The number of nitriles is 1. The minimum atomic E-state index is -1.30. The van der Waals surface area contributed by atoms with E-state index in [9.17, 15) is 31.9 Å². The van der Waals surface area contributed by atoms with E-state index in [1.165, 1.54) is 7.11 Å². The number of aromatic carboxylic acids is 1. The first kappa shape index (κ1) is 52.6. The zero-order chi connectivity index (χ0) is 45.5. The molecule has 4 aromatic heterocycles. The number of pyridine rings is 4. The number of esters is 1. The summed E-state index contributed by atoms with van der Waals surface area (Å²) in [6.45, 7) is 10.1. The Morgan fingerprint density at radius 1 is 0.633 bits per heavy atom. The maximum Gasteiger partial charge on any atom is 0.341 e. The number of aromatic nitrogens is 4. The number of ether oxygens (including phenoxy) is 1. The Morgan fingerprint density at radius 3 is 1.28 bits per heavy atom. The monoisotopic (exact) mass is 922 g/mol. The average molecular weight is 925 g/mol. The predicted molar refractivity (Wildman–Crippen MR) is 223 cm³/mol. The fourth-order valence-corrected chi connectivity index (χ4v) is 4.84. The van der Waals surface area contributed by atoms with Crippen LogP contribution in [0.15, 0.2) is 24.3 Å². The molecule has 0 atom stereocenters. The Bertz CT molecular complexity index is 2060. The number of carbonyl (C=O) groups excluding carboxylic acids is 2. The Labute approximate surface area is 363 Å². The van der Waals surface area contributed by atoms with Crippen LogP contribution in [0.3, 0.4) is 0 Å². The molecule has 0 aliphatic carbocycles. The minimum Gasteiger partial charge on any atom is -0.478 e. The first-order chi connectivity index (χ1) is 28.4. The topological polar surface area (TPSA) is 230 Å². The Balaban J connectivity index is 0.000000400. The normalized spacial score (nSPS) is 9.93. The number of primary amides is 1. The van der Waals surface area contributed by atoms with Gasteiger partial charge in [0.15, 0.2) is 46.5 Å². The molecule has 0 spiro atoms. The number of methoxy groups -OCH3 is 1. The summed E-state index contributed by atoms with van der Waals surface area (Å²) in [4.78, 5) is 47.4. The molecule has 4 rings (SSSR count). The highest BCUT2D eigenvalue weighted by Crippen LogP contribution is 2.23. The van der Waals surface area contributed by atoms with Gasteiger partial charge in [-0.3, -0.25) is 4.79 Å². The Hall–Kier alpha value is -5.42. The van der Waals surface area contributed by atoms with Crippen molar-refractivity contribution in [3.63, 3.8) is 0 Å². The van der Waals surface area contributed by atoms with Crippen molar-refractivity contribution >= 4 is 87.5 Å². The molecule has 4 aromatic rings. The van der Waals surface area contributed by atoms with Crippen LogP contribution in [0.1, 0.15) is 90.0 Å². The highest BCUT2D eigenvalue weighted by molar-refractivity contribution is 6.33. The van der Waals surface area contributed by atoms with Gasteiger partial charge in [-0.1, -0.05) is 74.1 Å². The van der Waals surface area contributed by atoms with Crippen molar-refractivity contribution in [2.75, 3.05) is 54.6 Å². The maximum atomic E-state index is 13.5. The van der Waals surface area contributed by atoms with Crippen LogP contribution in [0.5, 0.6) is 0 Å². The number of anilines is 4. The van der Waals surface area contributed by atoms with Crippen LogP contribution in [-0.2, 0) is 4.74 Å². The lowest BCUT2D eigenvalue weighted by atomic mass is 10.2. The van der Waals surface area contributed by atoms with Gasteiger partial charge in [-0.05, 0) is 49.9 Å². The summed E-state index contributed by atoms with van der Waals surface area (Å²) >= 11 is 22.6. The summed E-state index contributed by atoms with van der Waals surface area (Å²) < 4.78 is 57.7. The number of amides is 1.